The van der Waals surface area contributed by atoms with Gasteiger partial charge >= 0.3 is 12.1 Å². The fourth-order valence-electron chi connectivity index (χ4n) is 1.97. The summed E-state index contributed by atoms with van der Waals surface area (Å²) in [6.07, 6.45) is -4.25. The van der Waals surface area contributed by atoms with Gasteiger partial charge in [0.25, 0.3) is 5.69 Å². The highest BCUT2D eigenvalue weighted by Gasteiger charge is 2.42. The third kappa shape index (κ3) is 3.15. The molecule has 0 radical (unpaired) electrons. The van der Waals surface area contributed by atoms with E-state index in [1.165, 1.54) is 19.1 Å². The first-order valence-corrected chi connectivity index (χ1v) is 6.32. The summed E-state index contributed by atoms with van der Waals surface area (Å²) in [4.78, 5) is 25.2. The predicted molar refractivity (Wildman–Crippen MR) is 71.2 cm³/mol. The monoisotopic (exact) mass is 329 g/mol. The number of nitrogens with zero attached hydrogens (tertiary/aromatic N) is 3. The Balaban J connectivity index is 2.70. The molecule has 122 valence electrons. The number of para-hydroxylation sites is 2. The maximum absolute atomic E-state index is 13.3. The summed E-state index contributed by atoms with van der Waals surface area (Å²) in [6, 6.07) is 4.84. The van der Waals surface area contributed by atoms with Gasteiger partial charge in [0.2, 0.25) is 0 Å². The molecule has 0 atom stereocenters. The molecule has 0 bridgehead atoms. The number of halogens is 3. The number of imidazole rings is 1. The van der Waals surface area contributed by atoms with Gasteiger partial charge < -0.3 is 4.74 Å². The number of nitro groups is 1. The lowest BCUT2D eigenvalue weighted by Gasteiger charge is -2.12. The van der Waals surface area contributed by atoms with Gasteiger partial charge in [0.15, 0.2) is 11.4 Å². The molecule has 23 heavy (non-hydrogen) atoms. The van der Waals surface area contributed by atoms with Crippen LogP contribution in [0.5, 0.6) is 0 Å². The van der Waals surface area contributed by atoms with Crippen LogP contribution in [0.4, 0.5) is 18.9 Å². The molecule has 0 saturated carbocycles. The zero-order chi connectivity index (χ0) is 17.2. The average Bonchev–Trinajstić information content (AvgIpc) is 2.92. The van der Waals surface area contributed by atoms with Crippen LogP contribution in [0.1, 0.15) is 23.1 Å². The fraction of sp³-hybridized carbons (Fsp3) is 0.231. The van der Waals surface area contributed by atoms with Crippen molar-refractivity contribution in [3.63, 3.8) is 0 Å². The smallest absolute Gasteiger partial charge is 0.434 e. The molecule has 0 saturated heterocycles. The Kier molecular flexibility index (Phi) is 4.34. The van der Waals surface area contributed by atoms with E-state index in [2.05, 4.69) is 9.72 Å². The van der Waals surface area contributed by atoms with Crippen LogP contribution in [0.15, 0.2) is 30.6 Å². The number of carbonyl (C=O) groups excluding carboxylic acids is 1. The third-order valence-electron chi connectivity index (χ3n) is 2.84. The Bertz CT molecular complexity index is 755. The molecule has 7 nitrogen and oxygen atoms in total. The number of benzene rings is 1. The van der Waals surface area contributed by atoms with E-state index in [1.54, 1.807) is 0 Å². The number of hydrogen-bond donors (Lipinski definition) is 0. The Hall–Kier alpha value is -2.91. The van der Waals surface area contributed by atoms with E-state index in [0.717, 1.165) is 12.1 Å². The second-order valence-corrected chi connectivity index (χ2v) is 4.28. The maximum Gasteiger partial charge on any atom is 0.434 e. The van der Waals surface area contributed by atoms with E-state index in [4.69, 9.17) is 0 Å². The standard InChI is InChI=1S/C13H10F3N3O4/c1-2-23-12(20)10-11(13(14,15)16)18(7-17-10)8-5-3-4-6-9(8)19(21)22/h3-7H,2H2,1H3. The van der Waals surface area contributed by atoms with Crippen molar-refractivity contribution in [3.8, 4) is 5.69 Å². The summed E-state index contributed by atoms with van der Waals surface area (Å²) in [6.45, 7) is 1.30. The van der Waals surface area contributed by atoms with Crippen LogP contribution < -0.4 is 0 Å². The molecule has 0 aliphatic rings. The van der Waals surface area contributed by atoms with Gasteiger partial charge in [0, 0.05) is 6.07 Å². The van der Waals surface area contributed by atoms with Crippen molar-refractivity contribution in [1.82, 2.24) is 9.55 Å². The van der Waals surface area contributed by atoms with Crippen molar-refractivity contribution in [3.05, 3.63) is 52.1 Å². The first kappa shape index (κ1) is 16.5. The summed E-state index contributed by atoms with van der Waals surface area (Å²) in [5.74, 6) is -1.25. The van der Waals surface area contributed by atoms with Gasteiger partial charge in [-0.15, -0.1) is 0 Å². The normalized spacial score (nSPS) is 11.3. The number of ether oxygens (including phenoxy) is 1. The van der Waals surface area contributed by atoms with Crippen molar-refractivity contribution in [2.45, 2.75) is 13.1 Å². The third-order valence-corrected chi connectivity index (χ3v) is 2.84. The molecule has 1 aromatic carbocycles. The highest BCUT2D eigenvalue weighted by molar-refractivity contribution is 5.89. The summed E-state index contributed by atoms with van der Waals surface area (Å²) in [5.41, 5.74) is -3.28. The maximum atomic E-state index is 13.3. The number of alkyl halides is 3. The van der Waals surface area contributed by atoms with Crippen molar-refractivity contribution in [2.24, 2.45) is 0 Å². The number of hydrogen-bond acceptors (Lipinski definition) is 5. The van der Waals surface area contributed by atoms with Gasteiger partial charge in [-0.05, 0) is 13.0 Å². The van der Waals surface area contributed by atoms with Crippen LogP contribution in [-0.4, -0.2) is 27.1 Å². The molecule has 2 rings (SSSR count). The molecule has 1 heterocycles. The van der Waals surface area contributed by atoms with E-state index in [-0.39, 0.29) is 12.3 Å². The van der Waals surface area contributed by atoms with E-state index in [9.17, 15) is 28.1 Å². The van der Waals surface area contributed by atoms with Gasteiger partial charge in [-0.2, -0.15) is 13.2 Å². The first-order valence-electron chi connectivity index (χ1n) is 6.32. The molecule has 10 heteroatoms. The minimum absolute atomic E-state index is 0.130. The van der Waals surface area contributed by atoms with Crippen LogP contribution in [0.25, 0.3) is 5.69 Å². The van der Waals surface area contributed by atoms with Crippen molar-refractivity contribution in [2.75, 3.05) is 6.61 Å². The van der Waals surface area contributed by atoms with Crippen molar-refractivity contribution < 1.29 is 27.6 Å². The molecule has 0 spiro atoms. The Morgan fingerprint density at radius 3 is 2.61 bits per heavy atom. The number of aromatic nitrogens is 2. The van der Waals surface area contributed by atoms with Gasteiger partial charge in [-0.25, -0.2) is 9.78 Å². The summed E-state index contributed by atoms with van der Waals surface area (Å²) < 4.78 is 45.0. The molecule has 1 aromatic heterocycles. The molecule has 2 aromatic rings. The van der Waals surface area contributed by atoms with E-state index < -0.39 is 34.1 Å². The molecular weight excluding hydrogens is 319 g/mol. The van der Waals surface area contributed by atoms with Crippen LogP contribution in [0.2, 0.25) is 0 Å². The lowest BCUT2D eigenvalue weighted by molar-refractivity contribution is -0.384. The summed E-state index contributed by atoms with van der Waals surface area (Å²) >= 11 is 0. The highest BCUT2D eigenvalue weighted by Crippen LogP contribution is 2.35. The van der Waals surface area contributed by atoms with Gasteiger partial charge in [-0.3, -0.25) is 14.7 Å². The van der Waals surface area contributed by atoms with Crippen LogP contribution in [-0.2, 0) is 10.9 Å². The SMILES string of the molecule is CCOC(=O)c1ncn(-c2ccccc2[N+](=O)[O-])c1C(F)(F)F. The number of esters is 1. The Morgan fingerprint density at radius 2 is 2.04 bits per heavy atom. The zero-order valence-corrected chi connectivity index (χ0v) is 11.7. The lowest BCUT2D eigenvalue weighted by Crippen LogP contribution is -2.18. The summed E-state index contributed by atoms with van der Waals surface area (Å²) in [7, 11) is 0. The van der Waals surface area contributed by atoms with Crippen molar-refractivity contribution >= 4 is 11.7 Å². The molecule has 0 aliphatic carbocycles. The first-order chi connectivity index (χ1) is 10.8. The average molecular weight is 329 g/mol. The minimum Gasteiger partial charge on any atom is -0.461 e. The predicted octanol–water partition coefficient (Wildman–Crippen LogP) is 2.98. The quantitative estimate of drug-likeness (QED) is 0.489. The Labute approximate surface area is 127 Å². The van der Waals surface area contributed by atoms with E-state index in [1.807, 2.05) is 0 Å². The van der Waals surface area contributed by atoms with Gasteiger partial charge in [0.05, 0.1) is 11.5 Å². The molecular formula is C13H10F3N3O4. The largest absolute Gasteiger partial charge is 0.461 e. The van der Waals surface area contributed by atoms with Gasteiger partial charge in [0.1, 0.15) is 12.0 Å². The Morgan fingerprint density at radius 1 is 1.39 bits per heavy atom. The van der Waals surface area contributed by atoms with E-state index in [0.29, 0.717) is 10.9 Å². The minimum atomic E-state index is -4.96. The number of carbonyl (C=O) groups is 1. The molecule has 0 amide bonds. The number of rotatable bonds is 4. The lowest BCUT2D eigenvalue weighted by atomic mass is 10.2. The molecule has 0 aliphatic heterocycles. The molecule has 0 fully saturated rings. The highest BCUT2D eigenvalue weighted by atomic mass is 19.4. The van der Waals surface area contributed by atoms with E-state index >= 15 is 0 Å². The van der Waals surface area contributed by atoms with Gasteiger partial charge in [-0.1, -0.05) is 12.1 Å². The second kappa shape index (κ2) is 6.07. The molecule has 0 N–H and O–H groups in total. The van der Waals surface area contributed by atoms with Crippen LogP contribution >= 0.6 is 0 Å². The van der Waals surface area contributed by atoms with Crippen molar-refractivity contribution in [1.29, 1.82) is 0 Å². The fourth-order valence-corrected chi connectivity index (χ4v) is 1.97. The zero-order valence-electron chi connectivity index (χ0n) is 11.7. The van der Waals surface area contributed by atoms with Crippen LogP contribution in [0.3, 0.4) is 0 Å². The summed E-state index contributed by atoms with van der Waals surface area (Å²) in [5, 5.41) is 11.0. The second-order valence-electron chi connectivity index (χ2n) is 4.28. The van der Waals surface area contributed by atoms with Crippen LogP contribution in [0, 0.1) is 10.1 Å². The molecule has 0 unspecified atom stereocenters. The number of nitro benzene ring substituents is 1. The topological polar surface area (TPSA) is 87.3 Å².